The van der Waals surface area contributed by atoms with Crippen LogP contribution in [0.2, 0.25) is 5.02 Å². The first-order chi connectivity index (χ1) is 11.6. The second-order valence-corrected chi connectivity index (χ2v) is 9.09. The van der Waals surface area contributed by atoms with Crippen molar-refractivity contribution in [2.75, 3.05) is 7.05 Å². The lowest BCUT2D eigenvalue weighted by atomic mass is 9.77. The maximum Gasteiger partial charge on any atom is 0.259 e. The third-order valence-corrected chi connectivity index (χ3v) is 7.05. The van der Waals surface area contributed by atoms with Crippen LogP contribution >= 0.6 is 24.0 Å². The van der Waals surface area contributed by atoms with E-state index in [1.807, 2.05) is 0 Å². The third-order valence-electron chi connectivity index (χ3n) is 4.69. The molecule has 0 unspecified atom stereocenters. The van der Waals surface area contributed by atoms with Crippen molar-refractivity contribution < 1.29 is 12.9 Å². The number of rotatable bonds is 5. The lowest BCUT2D eigenvalue weighted by molar-refractivity contribution is 0.229. The van der Waals surface area contributed by atoms with Gasteiger partial charge >= 0.3 is 0 Å². The van der Waals surface area contributed by atoms with Crippen LogP contribution in [0, 0.1) is 0 Å². The van der Waals surface area contributed by atoms with Crippen LogP contribution in [0.25, 0.3) is 11.5 Å². The van der Waals surface area contributed by atoms with E-state index >= 15 is 0 Å². The highest BCUT2D eigenvalue weighted by atomic mass is 35.5. The first-order valence-electron chi connectivity index (χ1n) is 8.06. The summed E-state index contributed by atoms with van der Waals surface area (Å²) in [5.74, 6) is 0.596. The normalized spacial score (nSPS) is 16.4. The monoisotopic (exact) mass is 420 g/mol. The van der Waals surface area contributed by atoms with Crippen LogP contribution in [0.3, 0.4) is 0 Å². The van der Waals surface area contributed by atoms with Gasteiger partial charge in [-0.25, -0.2) is 8.42 Å². The minimum absolute atomic E-state index is 0. The zero-order chi connectivity index (χ0) is 18.4. The van der Waals surface area contributed by atoms with Crippen LogP contribution in [-0.4, -0.2) is 36.0 Å². The summed E-state index contributed by atoms with van der Waals surface area (Å²) >= 11 is 6.23. The summed E-state index contributed by atoms with van der Waals surface area (Å²) in [6.45, 7) is 3.61. The van der Waals surface area contributed by atoms with E-state index in [9.17, 15) is 8.42 Å². The fourth-order valence-corrected chi connectivity index (χ4v) is 4.18. The van der Waals surface area contributed by atoms with E-state index in [0.717, 1.165) is 19.3 Å². The van der Waals surface area contributed by atoms with Crippen molar-refractivity contribution in [3.05, 3.63) is 29.0 Å². The van der Waals surface area contributed by atoms with Gasteiger partial charge in [-0.15, -0.1) is 12.4 Å². The van der Waals surface area contributed by atoms with Crippen molar-refractivity contribution in [1.29, 1.82) is 0 Å². The Morgan fingerprint density at radius 2 is 2.00 bits per heavy atom. The van der Waals surface area contributed by atoms with E-state index in [4.69, 9.17) is 21.9 Å². The van der Waals surface area contributed by atoms with Crippen molar-refractivity contribution in [2.24, 2.45) is 5.73 Å². The Labute approximate surface area is 164 Å². The Balaban J connectivity index is 0.00000243. The molecule has 1 aliphatic carbocycles. The average molecular weight is 421 g/mol. The second kappa shape index (κ2) is 7.44. The fourth-order valence-electron chi connectivity index (χ4n) is 2.59. The Hall–Kier alpha value is -1.19. The first kappa shape index (κ1) is 21.1. The summed E-state index contributed by atoms with van der Waals surface area (Å²) in [5, 5.41) is 4.29. The molecule has 2 aromatic rings. The Morgan fingerprint density at radius 1 is 1.35 bits per heavy atom. The number of hydrogen-bond acceptors (Lipinski definition) is 6. The highest BCUT2D eigenvalue weighted by molar-refractivity contribution is 7.89. The maximum atomic E-state index is 12.7. The lowest BCUT2D eigenvalue weighted by Gasteiger charge is -2.34. The van der Waals surface area contributed by atoms with Gasteiger partial charge in [0.15, 0.2) is 5.82 Å². The largest absolute Gasteiger partial charge is 0.334 e. The Kier molecular flexibility index (Phi) is 6.04. The first-order valence-corrected chi connectivity index (χ1v) is 9.88. The van der Waals surface area contributed by atoms with Crippen molar-refractivity contribution in [3.8, 4) is 11.5 Å². The van der Waals surface area contributed by atoms with Crippen molar-refractivity contribution >= 4 is 34.0 Å². The van der Waals surface area contributed by atoms with Gasteiger partial charge in [-0.3, -0.25) is 0 Å². The molecule has 0 radical (unpaired) electrons. The van der Waals surface area contributed by atoms with Crippen LogP contribution < -0.4 is 5.73 Å². The molecule has 1 aromatic carbocycles. The number of aromatic nitrogens is 2. The van der Waals surface area contributed by atoms with Crippen LogP contribution in [0.15, 0.2) is 27.6 Å². The number of halogens is 2. The molecule has 0 spiro atoms. The Bertz CT molecular complexity index is 895. The molecule has 0 amide bonds. The molecule has 1 aromatic heterocycles. The zero-order valence-electron chi connectivity index (χ0n) is 14.8. The molecule has 1 heterocycles. The van der Waals surface area contributed by atoms with Gasteiger partial charge in [0.1, 0.15) is 0 Å². The third kappa shape index (κ3) is 3.61. The molecular weight excluding hydrogens is 399 g/mol. The van der Waals surface area contributed by atoms with Gasteiger partial charge in [0.05, 0.1) is 21.0 Å². The van der Waals surface area contributed by atoms with Crippen molar-refractivity contribution in [1.82, 2.24) is 14.4 Å². The summed E-state index contributed by atoms with van der Waals surface area (Å²) in [7, 11) is -2.10. The lowest BCUT2D eigenvalue weighted by Crippen LogP contribution is -2.44. The molecule has 26 heavy (non-hydrogen) atoms. The molecule has 1 fully saturated rings. The number of benzene rings is 1. The van der Waals surface area contributed by atoms with E-state index in [1.165, 1.54) is 29.6 Å². The average Bonchev–Trinajstić information content (AvgIpc) is 3.02. The van der Waals surface area contributed by atoms with E-state index < -0.39 is 15.6 Å². The SMILES string of the molecule is CC(C)N(C)S(=O)(=O)c1ccc(Cl)c(-c2nc(C3(N)CCC3)no2)c1.Cl. The zero-order valence-corrected chi connectivity index (χ0v) is 17.2. The van der Waals surface area contributed by atoms with Crippen LogP contribution in [-0.2, 0) is 15.6 Å². The maximum absolute atomic E-state index is 12.7. The summed E-state index contributed by atoms with van der Waals surface area (Å²) < 4.78 is 32.0. The fraction of sp³-hybridized carbons (Fsp3) is 0.500. The highest BCUT2D eigenvalue weighted by Crippen LogP contribution is 2.38. The molecule has 0 aliphatic heterocycles. The number of nitrogens with two attached hydrogens (primary N) is 1. The van der Waals surface area contributed by atoms with Gasteiger partial charge in [0, 0.05) is 13.1 Å². The van der Waals surface area contributed by atoms with Gasteiger partial charge in [-0.2, -0.15) is 9.29 Å². The smallest absolute Gasteiger partial charge is 0.259 e. The molecule has 3 rings (SSSR count). The Morgan fingerprint density at radius 3 is 2.54 bits per heavy atom. The van der Waals surface area contributed by atoms with Gasteiger partial charge in [0.25, 0.3) is 5.89 Å². The second-order valence-electron chi connectivity index (χ2n) is 6.69. The quantitative estimate of drug-likeness (QED) is 0.796. The van der Waals surface area contributed by atoms with Crippen LogP contribution in [0.1, 0.15) is 38.9 Å². The molecule has 7 nitrogen and oxygen atoms in total. The number of nitrogens with zero attached hydrogens (tertiary/aromatic N) is 3. The predicted molar refractivity (Wildman–Crippen MR) is 102 cm³/mol. The van der Waals surface area contributed by atoms with E-state index in [0.29, 0.717) is 16.4 Å². The molecule has 0 bridgehead atoms. The molecule has 2 N–H and O–H groups in total. The van der Waals surface area contributed by atoms with Crippen LogP contribution in [0.4, 0.5) is 0 Å². The minimum Gasteiger partial charge on any atom is -0.334 e. The van der Waals surface area contributed by atoms with E-state index in [1.54, 1.807) is 13.8 Å². The molecular formula is C16H22Cl2N4O3S. The molecule has 10 heteroatoms. The molecule has 0 saturated heterocycles. The summed E-state index contributed by atoms with van der Waals surface area (Å²) in [4.78, 5) is 4.46. The number of hydrogen-bond donors (Lipinski definition) is 1. The molecule has 144 valence electrons. The standard InChI is InChI=1S/C16H21ClN4O3S.ClH/c1-10(2)21(3)25(22,23)11-5-6-13(17)12(9-11)14-19-15(20-24-14)16(18)7-4-8-16;/h5-6,9-10H,4,7-8,18H2,1-3H3;1H. The summed E-state index contributed by atoms with van der Waals surface area (Å²) in [5.41, 5.74) is 6.02. The summed E-state index contributed by atoms with van der Waals surface area (Å²) in [6.07, 6.45) is 2.62. The topological polar surface area (TPSA) is 102 Å². The summed E-state index contributed by atoms with van der Waals surface area (Å²) in [6, 6.07) is 4.27. The molecule has 1 saturated carbocycles. The highest BCUT2D eigenvalue weighted by Gasteiger charge is 2.39. The van der Waals surface area contributed by atoms with Crippen LogP contribution in [0.5, 0.6) is 0 Å². The number of sulfonamides is 1. The molecule has 0 atom stereocenters. The molecule has 1 aliphatic rings. The van der Waals surface area contributed by atoms with E-state index in [-0.39, 0.29) is 29.2 Å². The predicted octanol–water partition coefficient (Wildman–Crippen LogP) is 3.18. The van der Waals surface area contributed by atoms with Gasteiger partial charge in [-0.1, -0.05) is 16.8 Å². The van der Waals surface area contributed by atoms with Crippen molar-refractivity contribution in [3.63, 3.8) is 0 Å². The van der Waals surface area contributed by atoms with E-state index in [2.05, 4.69) is 10.1 Å². The van der Waals surface area contributed by atoms with Gasteiger partial charge in [-0.05, 0) is 51.3 Å². The minimum atomic E-state index is -3.64. The van der Waals surface area contributed by atoms with Gasteiger partial charge in [0.2, 0.25) is 10.0 Å². The van der Waals surface area contributed by atoms with Crippen molar-refractivity contribution in [2.45, 2.75) is 49.6 Å². The van der Waals surface area contributed by atoms with Gasteiger partial charge < -0.3 is 10.3 Å².